The average Bonchev–Trinajstić information content (AvgIpc) is 2.26. The summed E-state index contributed by atoms with van der Waals surface area (Å²) in [5.41, 5.74) is 0.656. The summed E-state index contributed by atoms with van der Waals surface area (Å²) in [5.74, 6) is 0. The van der Waals surface area contributed by atoms with Gasteiger partial charge < -0.3 is 0 Å². The van der Waals surface area contributed by atoms with E-state index in [9.17, 15) is 0 Å². The molecule has 0 radical (unpaired) electrons. The van der Waals surface area contributed by atoms with E-state index in [1.54, 1.807) is 0 Å². The molecule has 0 aliphatic heterocycles. The topological polar surface area (TPSA) is 0 Å². The zero-order valence-corrected chi connectivity index (χ0v) is 11.3. The van der Waals surface area contributed by atoms with Crippen LogP contribution in [0.4, 0.5) is 0 Å². The van der Waals surface area contributed by atoms with E-state index in [1.165, 1.54) is 32.1 Å². The maximum atomic E-state index is 2.85. The van der Waals surface area contributed by atoms with Crippen LogP contribution in [0.25, 0.3) is 0 Å². The second-order valence-corrected chi connectivity index (χ2v) is 4.55. The fourth-order valence-electron chi connectivity index (χ4n) is 1.19. The minimum absolute atomic E-state index is 0.656. The standard InChI is InChI=1S/C14H25P/c1-3-5-6-7-8-9-10-11-12-13-14(15)4-2/h3,5,8-9,12-14H,4,6-7,10-11,15H2,1-2H3. The summed E-state index contributed by atoms with van der Waals surface area (Å²) in [6.45, 7) is 4.28. The van der Waals surface area contributed by atoms with Crippen LogP contribution in [0.3, 0.4) is 0 Å². The number of unbranched alkanes of at least 4 members (excludes halogenated alkanes) is 2. The highest BCUT2D eigenvalue weighted by Crippen LogP contribution is 2.07. The highest BCUT2D eigenvalue weighted by molar-refractivity contribution is 7.17. The predicted octanol–water partition coefficient (Wildman–Crippen LogP) is 4.89. The van der Waals surface area contributed by atoms with Gasteiger partial charge in [0.15, 0.2) is 0 Å². The third kappa shape index (κ3) is 11.6. The van der Waals surface area contributed by atoms with Gasteiger partial charge in [0.2, 0.25) is 0 Å². The van der Waals surface area contributed by atoms with E-state index in [0.29, 0.717) is 5.66 Å². The second kappa shape index (κ2) is 11.7. The number of rotatable bonds is 8. The summed E-state index contributed by atoms with van der Waals surface area (Å²) in [6.07, 6.45) is 19.4. The van der Waals surface area contributed by atoms with Crippen molar-refractivity contribution in [2.24, 2.45) is 0 Å². The number of hydrogen-bond acceptors (Lipinski definition) is 0. The Balaban J connectivity index is 3.33. The largest absolute Gasteiger partial charge is 0.130 e. The van der Waals surface area contributed by atoms with Crippen molar-refractivity contribution in [3.63, 3.8) is 0 Å². The van der Waals surface area contributed by atoms with Gasteiger partial charge in [-0.15, -0.1) is 9.24 Å². The van der Waals surface area contributed by atoms with Crippen molar-refractivity contribution in [3.8, 4) is 0 Å². The lowest BCUT2D eigenvalue weighted by Crippen LogP contribution is -1.86. The Morgan fingerprint density at radius 1 is 0.933 bits per heavy atom. The third-order valence-corrected chi connectivity index (χ3v) is 2.95. The highest BCUT2D eigenvalue weighted by atomic mass is 31.0. The summed E-state index contributed by atoms with van der Waals surface area (Å²) < 4.78 is 0. The fourth-order valence-corrected chi connectivity index (χ4v) is 1.35. The minimum atomic E-state index is 0.656. The smallest absolute Gasteiger partial charge is 0.00883 e. The van der Waals surface area contributed by atoms with Gasteiger partial charge in [-0.2, -0.15) is 0 Å². The zero-order chi connectivity index (χ0) is 11.4. The van der Waals surface area contributed by atoms with Gasteiger partial charge >= 0.3 is 0 Å². The lowest BCUT2D eigenvalue weighted by atomic mass is 10.2. The SMILES string of the molecule is CC=CCCC=CCCC=CC(P)CC. The number of hydrogen-bond donors (Lipinski definition) is 0. The van der Waals surface area contributed by atoms with Crippen LogP contribution in [0.15, 0.2) is 36.5 Å². The molecular formula is C14H25P. The van der Waals surface area contributed by atoms with Crippen molar-refractivity contribution in [1.82, 2.24) is 0 Å². The van der Waals surface area contributed by atoms with E-state index in [1.807, 2.05) is 0 Å². The van der Waals surface area contributed by atoms with Gasteiger partial charge in [-0.1, -0.05) is 43.4 Å². The Bertz CT molecular complexity index is 201. The van der Waals surface area contributed by atoms with Crippen LogP contribution < -0.4 is 0 Å². The fraction of sp³-hybridized carbons (Fsp3) is 0.571. The molecule has 0 rings (SSSR count). The molecule has 86 valence electrons. The molecule has 0 bridgehead atoms. The zero-order valence-electron chi connectivity index (χ0n) is 10.2. The highest BCUT2D eigenvalue weighted by Gasteiger charge is 1.88. The monoisotopic (exact) mass is 224 g/mol. The molecule has 0 aliphatic carbocycles. The normalized spacial score (nSPS) is 14.6. The Morgan fingerprint density at radius 2 is 1.47 bits per heavy atom. The lowest BCUT2D eigenvalue weighted by molar-refractivity contribution is 0.956. The molecule has 0 aromatic rings. The first-order valence-corrected chi connectivity index (χ1v) is 6.66. The summed E-state index contributed by atoms with van der Waals surface area (Å²) in [4.78, 5) is 0. The average molecular weight is 224 g/mol. The van der Waals surface area contributed by atoms with Crippen LogP contribution in [-0.4, -0.2) is 5.66 Å². The van der Waals surface area contributed by atoms with E-state index in [4.69, 9.17) is 0 Å². The van der Waals surface area contributed by atoms with Crippen LogP contribution in [0.1, 0.15) is 46.0 Å². The molecule has 0 amide bonds. The van der Waals surface area contributed by atoms with Gasteiger partial charge in [-0.25, -0.2) is 0 Å². The van der Waals surface area contributed by atoms with E-state index >= 15 is 0 Å². The van der Waals surface area contributed by atoms with E-state index in [2.05, 4.69) is 59.5 Å². The second-order valence-electron chi connectivity index (χ2n) is 3.70. The van der Waals surface area contributed by atoms with Gasteiger partial charge in [0, 0.05) is 0 Å². The molecular weight excluding hydrogens is 199 g/mol. The summed E-state index contributed by atoms with van der Waals surface area (Å²) in [6, 6.07) is 0. The van der Waals surface area contributed by atoms with Gasteiger partial charge in [-0.05, 0) is 44.7 Å². The molecule has 2 atom stereocenters. The van der Waals surface area contributed by atoms with Crippen molar-refractivity contribution < 1.29 is 0 Å². The van der Waals surface area contributed by atoms with Crippen LogP contribution in [0.2, 0.25) is 0 Å². The molecule has 2 unspecified atom stereocenters. The van der Waals surface area contributed by atoms with Gasteiger partial charge in [0.05, 0.1) is 0 Å². The molecule has 1 heteroatoms. The van der Waals surface area contributed by atoms with Crippen molar-refractivity contribution in [2.45, 2.75) is 51.6 Å². The summed E-state index contributed by atoms with van der Waals surface area (Å²) in [5, 5.41) is 0. The Hall–Kier alpha value is -0.350. The molecule has 0 aromatic heterocycles. The molecule has 0 fully saturated rings. The van der Waals surface area contributed by atoms with Crippen LogP contribution in [0, 0.1) is 0 Å². The van der Waals surface area contributed by atoms with Crippen molar-refractivity contribution >= 4 is 9.24 Å². The third-order valence-electron chi connectivity index (χ3n) is 2.26. The first-order chi connectivity index (χ1) is 7.31. The first-order valence-electron chi connectivity index (χ1n) is 5.99. The Morgan fingerprint density at radius 3 is 2.00 bits per heavy atom. The lowest BCUT2D eigenvalue weighted by Gasteiger charge is -1.98. The molecule has 15 heavy (non-hydrogen) atoms. The van der Waals surface area contributed by atoms with Crippen LogP contribution >= 0.6 is 9.24 Å². The van der Waals surface area contributed by atoms with Crippen molar-refractivity contribution in [1.29, 1.82) is 0 Å². The quantitative estimate of drug-likeness (QED) is 0.313. The summed E-state index contributed by atoms with van der Waals surface area (Å²) in [7, 11) is 2.85. The van der Waals surface area contributed by atoms with E-state index in [0.717, 1.165) is 0 Å². The first kappa shape index (κ1) is 14.6. The van der Waals surface area contributed by atoms with E-state index in [-0.39, 0.29) is 0 Å². The Kier molecular flexibility index (Phi) is 11.4. The van der Waals surface area contributed by atoms with E-state index < -0.39 is 0 Å². The maximum Gasteiger partial charge on any atom is -0.00883 e. The molecule has 0 saturated carbocycles. The molecule has 0 nitrogen and oxygen atoms in total. The van der Waals surface area contributed by atoms with Gasteiger partial charge in [-0.3, -0.25) is 0 Å². The van der Waals surface area contributed by atoms with Gasteiger partial charge in [0.1, 0.15) is 0 Å². The molecule has 0 saturated heterocycles. The Labute approximate surface area is 97.7 Å². The van der Waals surface area contributed by atoms with Gasteiger partial charge in [0.25, 0.3) is 0 Å². The molecule has 0 N–H and O–H groups in total. The van der Waals surface area contributed by atoms with Crippen molar-refractivity contribution in [2.75, 3.05) is 0 Å². The molecule has 0 aliphatic rings. The molecule has 0 heterocycles. The predicted molar refractivity (Wildman–Crippen MR) is 75.4 cm³/mol. The van der Waals surface area contributed by atoms with Crippen molar-refractivity contribution in [3.05, 3.63) is 36.5 Å². The van der Waals surface area contributed by atoms with Crippen LogP contribution in [-0.2, 0) is 0 Å². The minimum Gasteiger partial charge on any atom is -0.130 e. The molecule has 0 aromatic carbocycles. The summed E-state index contributed by atoms with van der Waals surface area (Å²) >= 11 is 0. The molecule has 0 spiro atoms. The maximum absolute atomic E-state index is 2.85. The number of allylic oxidation sites excluding steroid dienone is 6. The van der Waals surface area contributed by atoms with Crippen LogP contribution in [0.5, 0.6) is 0 Å².